The summed E-state index contributed by atoms with van der Waals surface area (Å²) in [4.78, 5) is 11.4. The molecule has 0 aromatic carbocycles. The third-order valence-corrected chi connectivity index (χ3v) is 4.32. The molecule has 0 unspecified atom stereocenters. The standard InChI is InChI=1S/C10H21O5P/c1-7(2)14-16(12,15-8(3)4)9(5)10(11)13-6/h7-9H,1-6H3/t9-/m1/s1. The molecule has 0 saturated carbocycles. The van der Waals surface area contributed by atoms with Crippen LogP contribution in [0.25, 0.3) is 0 Å². The second-order valence-electron chi connectivity index (χ2n) is 4.05. The summed E-state index contributed by atoms with van der Waals surface area (Å²) in [6, 6.07) is 0. The lowest BCUT2D eigenvalue weighted by Crippen LogP contribution is -2.24. The minimum Gasteiger partial charge on any atom is -0.468 e. The number of carbonyl (C=O) groups excluding carboxylic acids is 1. The van der Waals surface area contributed by atoms with Gasteiger partial charge in [0.05, 0.1) is 19.3 Å². The van der Waals surface area contributed by atoms with E-state index in [-0.39, 0.29) is 12.2 Å². The number of rotatable bonds is 6. The number of methoxy groups -OCH3 is 1. The predicted molar refractivity (Wildman–Crippen MR) is 61.5 cm³/mol. The van der Waals surface area contributed by atoms with E-state index in [1.165, 1.54) is 14.0 Å². The molecule has 0 aromatic rings. The van der Waals surface area contributed by atoms with Crippen LogP contribution in [0.3, 0.4) is 0 Å². The van der Waals surface area contributed by atoms with Crippen molar-refractivity contribution in [1.82, 2.24) is 0 Å². The van der Waals surface area contributed by atoms with E-state index in [1.807, 2.05) is 0 Å². The van der Waals surface area contributed by atoms with Crippen LogP contribution in [0.4, 0.5) is 0 Å². The number of hydrogen-bond donors (Lipinski definition) is 0. The molecule has 0 amide bonds. The van der Waals surface area contributed by atoms with Crippen LogP contribution in [0.1, 0.15) is 34.6 Å². The number of ether oxygens (including phenoxy) is 1. The zero-order valence-corrected chi connectivity index (χ0v) is 11.6. The summed E-state index contributed by atoms with van der Waals surface area (Å²) in [6.45, 7) is 8.43. The number of esters is 1. The Kier molecular flexibility index (Phi) is 6.23. The minimum absolute atomic E-state index is 0.281. The molecule has 0 aliphatic carbocycles. The summed E-state index contributed by atoms with van der Waals surface area (Å²) in [5.41, 5.74) is -0.915. The average Bonchev–Trinajstić information content (AvgIpc) is 2.12. The topological polar surface area (TPSA) is 61.8 Å². The fourth-order valence-corrected chi connectivity index (χ4v) is 3.05. The van der Waals surface area contributed by atoms with E-state index in [4.69, 9.17) is 9.05 Å². The van der Waals surface area contributed by atoms with E-state index in [0.717, 1.165) is 0 Å². The first-order valence-corrected chi connectivity index (χ1v) is 6.88. The van der Waals surface area contributed by atoms with Gasteiger partial charge in [-0.2, -0.15) is 0 Å². The predicted octanol–water partition coefficient (Wildman–Crippen LogP) is 2.59. The van der Waals surface area contributed by atoms with Gasteiger partial charge in [0.1, 0.15) is 0 Å². The Bertz CT molecular complexity index is 260. The molecule has 0 heterocycles. The van der Waals surface area contributed by atoms with E-state index >= 15 is 0 Å². The van der Waals surface area contributed by atoms with Crippen molar-refractivity contribution >= 4 is 13.6 Å². The highest BCUT2D eigenvalue weighted by Crippen LogP contribution is 2.55. The molecule has 1 atom stereocenters. The highest BCUT2D eigenvalue weighted by molar-refractivity contribution is 7.55. The van der Waals surface area contributed by atoms with Gasteiger partial charge in [-0.15, -0.1) is 0 Å². The summed E-state index contributed by atoms with van der Waals surface area (Å²) in [5.74, 6) is -0.593. The van der Waals surface area contributed by atoms with E-state index in [2.05, 4.69) is 4.74 Å². The molecule has 0 spiro atoms. The molecule has 0 fully saturated rings. The molecule has 96 valence electrons. The van der Waals surface area contributed by atoms with Gasteiger partial charge in [-0.25, -0.2) is 0 Å². The van der Waals surface area contributed by atoms with Gasteiger partial charge < -0.3 is 13.8 Å². The van der Waals surface area contributed by atoms with Gasteiger partial charge in [-0.05, 0) is 34.6 Å². The van der Waals surface area contributed by atoms with Crippen molar-refractivity contribution in [3.8, 4) is 0 Å². The lowest BCUT2D eigenvalue weighted by Gasteiger charge is -2.26. The zero-order chi connectivity index (χ0) is 12.9. The van der Waals surface area contributed by atoms with Crippen LogP contribution in [0.2, 0.25) is 0 Å². The van der Waals surface area contributed by atoms with E-state index in [9.17, 15) is 9.36 Å². The Hall–Kier alpha value is -0.380. The lowest BCUT2D eigenvalue weighted by atomic mass is 10.5. The fourth-order valence-electron chi connectivity index (χ4n) is 1.09. The lowest BCUT2D eigenvalue weighted by molar-refractivity contribution is -0.140. The summed E-state index contributed by atoms with van der Waals surface area (Å²) in [6.07, 6.45) is -0.562. The van der Waals surface area contributed by atoms with E-state index in [0.29, 0.717) is 0 Å². The van der Waals surface area contributed by atoms with Gasteiger partial charge in [0, 0.05) is 0 Å². The second kappa shape index (κ2) is 6.38. The largest absolute Gasteiger partial charge is 0.468 e. The maximum Gasteiger partial charge on any atom is 0.345 e. The molecule has 6 heteroatoms. The number of hydrogen-bond acceptors (Lipinski definition) is 5. The Morgan fingerprint density at radius 3 is 1.62 bits per heavy atom. The van der Waals surface area contributed by atoms with Crippen LogP contribution < -0.4 is 0 Å². The smallest absolute Gasteiger partial charge is 0.345 e. The third kappa shape index (κ3) is 4.64. The van der Waals surface area contributed by atoms with Crippen LogP contribution >= 0.6 is 7.60 Å². The van der Waals surface area contributed by atoms with E-state index < -0.39 is 19.2 Å². The second-order valence-corrected chi connectivity index (χ2v) is 6.32. The monoisotopic (exact) mass is 252 g/mol. The van der Waals surface area contributed by atoms with Gasteiger partial charge in [0.2, 0.25) is 0 Å². The zero-order valence-electron chi connectivity index (χ0n) is 10.7. The van der Waals surface area contributed by atoms with Crippen molar-refractivity contribution in [3.05, 3.63) is 0 Å². The summed E-state index contributed by atoms with van der Waals surface area (Å²) >= 11 is 0. The Morgan fingerprint density at radius 1 is 1.00 bits per heavy atom. The van der Waals surface area contributed by atoms with Gasteiger partial charge >= 0.3 is 13.6 Å². The SMILES string of the molecule is COC(=O)[C@@H](C)P(=O)(OC(C)C)OC(C)C. The van der Waals surface area contributed by atoms with Crippen molar-refractivity contribution in [2.75, 3.05) is 7.11 Å². The molecule has 0 bridgehead atoms. The van der Waals surface area contributed by atoms with Crippen molar-refractivity contribution in [2.24, 2.45) is 0 Å². The highest BCUT2D eigenvalue weighted by atomic mass is 31.2. The molecule has 0 rings (SSSR count). The molecule has 0 N–H and O–H groups in total. The van der Waals surface area contributed by atoms with Gasteiger partial charge in [0.15, 0.2) is 5.66 Å². The summed E-state index contributed by atoms with van der Waals surface area (Å²) < 4.78 is 27.5. The molecular weight excluding hydrogens is 231 g/mol. The first kappa shape index (κ1) is 15.6. The number of carbonyl (C=O) groups is 1. The van der Waals surface area contributed by atoms with Crippen LogP contribution in [0.5, 0.6) is 0 Å². The van der Waals surface area contributed by atoms with Crippen molar-refractivity contribution in [3.63, 3.8) is 0 Å². The van der Waals surface area contributed by atoms with Gasteiger partial charge in [-0.1, -0.05) is 0 Å². The molecule has 0 aliphatic heterocycles. The molecular formula is C10H21O5P. The molecule has 0 saturated heterocycles. The van der Waals surface area contributed by atoms with Gasteiger partial charge in [-0.3, -0.25) is 9.36 Å². The van der Waals surface area contributed by atoms with Crippen LogP contribution in [0, 0.1) is 0 Å². The Balaban J connectivity index is 4.91. The van der Waals surface area contributed by atoms with Crippen molar-refractivity contribution in [1.29, 1.82) is 0 Å². The van der Waals surface area contributed by atoms with Crippen LogP contribution in [0.15, 0.2) is 0 Å². The quantitative estimate of drug-likeness (QED) is 0.537. The fraction of sp³-hybridized carbons (Fsp3) is 0.900. The first-order valence-electron chi connectivity index (χ1n) is 5.27. The summed E-state index contributed by atoms with van der Waals surface area (Å²) in [5, 5.41) is 0. The molecule has 5 nitrogen and oxygen atoms in total. The van der Waals surface area contributed by atoms with Crippen LogP contribution in [-0.4, -0.2) is 30.9 Å². The van der Waals surface area contributed by atoms with Crippen molar-refractivity contribution in [2.45, 2.75) is 52.5 Å². The average molecular weight is 252 g/mol. The van der Waals surface area contributed by atoms with Crippen LogP contribution in [-0.2, 0) is 23.1 Å². The highest BCUT2D eigenvalue weighted by Gasteiger charge is 2.40. The Morgan fingerprint density at radius 2 is 1.38 bits per heavy atom. The van der Waals surface area contributed by atoms with E-state index in [1.54, 1.807) is 27.7 Å². The van der Waals surface area contributed by atoms with Crippen molar-refractivity contribution < 1.29 is 23.1 Å². The minimum atomic E-state index is -3.47. The molecule has 16 heavy (non-hydrogen) atoms. The maximum absolute atomic E-state index is 12.4. The molecule has 0 aromatic heterocycles. The Labute approximate surface area is 97.0 Å². The molecule has 0 aliphatic rings. The maximum atomic E-state index is 12.4. The first-order chi connectivity index (χ1) is 7.23. The normalized spacial score (nSPS) is 14.2. The third-order valence-electron chi connectivity index (χ3n) is 1.73. The molecule has 0 radical (unpaired) electrons. The van der Waals surface area contributed by atoms with Gasteiger partial charge in [0.25, 0.3) is 0 Å². The summed E-state index contributed by atoms with van der Waals surface area (Å²) in [7, 11) is -2.23.